The maximum atomic E-state index is 8.68. The largest absolute Gasteiger partial charge is 0.376 e. The molecule has 1 N–H and O–H groups in total. The van der Waals surface area contributed by atoms with Gasteiger partial charge in [-0.05, 0) is 32.4 Å². The van der Waals surface area contributed by atoms with Crippen LogP contribution in [0.1, 0.15) is 25.8 Å². The summed E-state index contributed by atoms with van der Waals surface area (Å²) in [6.07, 6.45) is 2.71. The lowest BCUT2D eigenvalue weighted by molar-refractivity contribution is 0.105. The van der Waals surface area contributed by atoms with E-state index < -0.39 is 0 Å². The van der Waals surface area contributed by atoms with Crippen molar-refractivity contribution in [2.45, 2.75) is 31.9 Å². The van der Waals surface area contributed by atoms with Crippen LogP contribution in [-0.4, -0.2) is 23.2 Å². The molecule has 0 radical (unpaired) electrons. The summed E-state index contributed by atoms with van der Waals surface area (Å²) in [6.45, 7) is 4.97. The summed E-state index contributed by atoms with van der Waals surface area (Å²) in [7, 11) is 0. The lowest BCUT2D eigenvalue weighted by Gasteiger charge is -2.29. The highest BCUT2D eigenvalue weighted by Gasteiger charge is 2.37. The second-order valence-corrected chi connectivity index (χ2v) is 4.35. The fraction of sp³-hybridized carbons (Fsp3) is 0.500. The molecule has 1 saturated heterocycles. The van der Waals surface area contributed by atoms with Gasteiger partial charge in [-0.25, -0.2) is 4.98 Å². The van der Waals surface area contributed by atoms with Gasteiger partial charge in [0, 0.05) is 12.8 Å². The van der Waals surface area contributed by atoms with Crippen molar-refractivity contribution < 1.29 is 4.74 Å². The monoisotopic (exact) mass is 217 g/mol. The molecule has 0 spiro atoms. The molecule has 4 nitrogen and oxygen atoms in total. The highest BCUT2D eigenvalue weighted by atomic mass is 16.5. The van der Waals surface area contributed by atoms with Gasteiger partial charge >= 0.3 is 0 Å². The van der Waals surface area contributed by atoms with Gasteiger partial charge in [0.2, 0.25) is 0 Å². The molecule has 0 amide bonds. The van der Waals surface area contributed by atoms with Crippen molar-refractivity contribution >= 4 is 5.82 Å². The number of hydrogen-bond acceptors (Lipinski definition) is 4. The Bertz CT molecular complexity index is 409. The minimum absolute atomic E-state index is 0.0683. The summed E-state index contributed by atoms with van der Waals surface area (Å²) in [5, 5.41) is 12.0. The molecule has 2 unspecified atom stereocenters. The van der Waals surface area contributed by atoms with E-state index in [0.29, 0.717) is 5.56 Å². The molecule has 16 heavy (non-hydrogen) atoms. The number of ether oxygens (including phenoxy) is 1. The molecular formula is C12H15N3O. The van der Waals surface area contributed by atoms with Gasteiger partial charge in [-0.3, -0.25) is 0 Å². The average molecular weight is 217 g/mol. The maximum absolute atomic E-state index is 8.68. The Balaban J connectivity index is 2.12. The third kappa shape index (κ3) is 2.00. The Morgan fingerprint density at radius 1 is 1.62 bits per heavy atom. The Morgan fingerprint density at radius 3 is 2.94 bits per heavy atom. The van der Waals surface area contributed by atoms with Crippen LogP contribution in [0.5, 0.6) is 0 Å². The van der Waals surface area contributed by atoms with E-state index in [0.717, 1.165) is 18.8 Å². The highest BCUT2D eigenvalue weighted by molar-refractivity contribution is 5.41. The van der Waals surface area contributed by atoms with Crippen LogP contribution < -0.4 is 5.32 Å². The van der Waals surface area contributed by atoms with Gasteiger partial charge in [-0.2, -0.15) is 5.26 Å². The minimum Gasteiger partial charge on any atom is -0.376 e. The summed E-state index contributed by atoms with van der Waals surface area (Å²) < 4.78 is 5.54. The summed E-state index contributed by atoms with van der Waals surface area (Å²) in [5.41, 5.74) is 0.507. The summed E-state index contributed by atoms with van der Waals surface area (Å²) in [5.74, 6) is 0.791. The minimum atomic E-state index is -0.0683. The van der Waals surface area contributed by atoms with E-state index in [9.17, 15) is 0 Å². The predicted molar refractivity (Wildman–Crippen MR) is 61.0 cm³/mol. The molecule has 0 saturated carbocycles. The van der Waals surface area contributed by atoms with Crippen LogP contribution in [-0.2, 0) is 4.74 Å². The molecule has 2 heterocycles. The molecule has 1 aliphatic rings. The third-order valence-electron chi connectivity index (χ3n) is 3.19. The first-order chi connectivity index (χ1) is 7.64. The molecular weight excluding hydrogens is 202 g/mol. The molecule has 2 rings (SSSR count). The van der Waals surface area contributed by atoms with E-state index in [4.69, 9.17) is 10.00 Å². The molecule has 84 valence electrons. The van der Waals surface area contributed by atoms with Gasteiger partial charge in [-0.1, -0.05) is 0 Å². The molecule has 0 aliphatic carbocycles. The van der Waals surface area contributed by atoms with Gasteiger partial charge in [0.05, 0.1) is 17.2 Å². The van der Waals surface area contributed by atoms with E-state index in [1.165, 1.54) is 0 Å². The zero-order valence-corrected chi connectivity index (χ0v) is 9.53. The highest BCUT2D eigenvalue weighted by Crippen LogP contribution is 2.28. The number of nitrogens with zero attached hydrogens (tertiary/aromatic N) is 2. The average Bonchev–Trinajstić information content (AvgIpc) is 2.60. The first-order valence-corrected chi connectivity index (χ1v) is 5.40. The van der Waals surface area contributed by atoms with E-state index in [1.54, 1.807) is 12.3 Å². The molecule has 1 aromatic rings. The SMILES string of the molecule is CC1OCCC1(C)Nc1ccc(C#N)cn1. The fourth-order valence-electron chi connectivity index (χ4n) is 1.83. The van der Waals surface area contributed by atoms with Crippen molar-refractivity contribution in [2.24, 2.45) is 0 Å². The van der Waals surface area contributed by atoms with Gasteiger partial charge in [-0.15, -0.1) is 0 Å². The Morgan fingerprint density at radius 2 is 2.44 bits per heavy atom. The normalized spacial score (nSPS) is 28.7. The second kappa shape index (κ2) is 4.11. The zero-order valence-electron chi connectivity index (χ0n) is 9.53. The molecule has 0 aromatic carbocycles. The molecule has 2 atom stereocenters. The van der Waals surface area contributed by atoms with Crippen molar-refractivity contribution in [3.8, 4) is 6.07 Å². The number of aromatic nitrogens is 1. The van der Waals surface area contributed by atoms with Crippen LogP contribution >= 0.6 is 0 Å². The summed E-state index contributed by atoms with van der Waals surface area (Å²) in [4.78, 5) is 4.20. The van der Waals surface area contributed by atoms with Crippen LogP contribution in [0, 0.1) is 11.3 Å². The molecule has 4 heteroatoms. The van der Waals surface area contributed by atoms with E-state index in [1.807, 2.05) is 6.07 Å². The molecule has 1 aromatic heterocycles. The molecule has 1 aliphatic heterocycles. The summed E-state index contributed by atoms with van der Waals surface area (Å²) >= 11 is 0. The second-order valence-electron chi connectivity index (χ2n) is 4.35. The van der Waals surface area contributed by atoms with E-state index >= 15 is 0 Å². The molecule has 1 fully saturated rings. The smallest absolute Gasteiger partial charge is 0.126 e. The lowest BCUT2D eigenvalue weighted by atomic mass is 9.95. The topological polar surface area (TPSA) is 57.9 Å². The van der Waals surface area contributed by atoms with Crippen molar-refractivity contribution in [2.75, 3.05) is 11.9 Å². The Hall–Kier alpha value is -1.60. The first-order valence-electron chi connectivity index (χ1n) is 5.40. The van der Waals surface area contributed by atoms with Crippen molar-refractivity contribution in [3.05, 3.63) is 23.9 Å². The van der Waals surface area contributed by atoms with Gasteiger partial charge < -0.3 is 10.1 Å². The Kier molecular flexibility index (Phi) is 2.80. The van der Waals surface area contributed by atoms with Crippen LogP contribution in [0.4, 0.5) is 5.82 Å². The number of hydrogen-bond donors (Lipinski definition) is 1. The summed E-state index contributed by atoms with van der Waals surface area (Å²) in [6, 6.07) is 5.64. The van der Waals surface area contributed by atoms with Gasteiger partial charge in [0.25, 0.3) is 0 Å². The third-order valence-corrected chi connectivity index (χ3v) is 3.19. The Labute approximate surface area is 95.3 Å². The maximum Gasteiger partial charge on any atom is 0.126 e. The van der Waals surface area contributed by atoms with Crippen molar-refractivity contribution in [1.82, 2.24) is 4.98 Å². The standard InChI is InChI=1S/C12H15N3O/c1-9-12(2,5-6-16-9)15-11-4-3-10(7-13)8-14-11/h3-4,8-9H,5-6H2,1-2H3,(H,14,15). The lowest BCUT2D eigenvalue weighted by Crippen LogP contribution is -2.41. The van der Waals surface area contributed by atoms with Crippen molar-refractivity contribution in [3.63, 3.8) is 0 Å². The van der Waals surface area contributed by atoms with Crippen LogP contribution in [0.2, 0.25) is 0 Å². The molecule has 0 bridgehead atoms. The van der Waals surface area contributed by atoms with Gasteiger partial charge in [0.15, 0.2) is 0 Å². The zero-order chi connectivity index (χ0) is 11.6. The number of nitrogens with one attached hydrogen (secondary N) is 1. The predicted octanol–water partition coefficient (Wildman–Crippen LogP) is 1.93. The van der Waals surface area contributed by atoms with Crippen LogP contribution in [0.3, 0.4) is 0 Å². The van der Waals surface area contributed by atoms with E-state index in [-0.39, 0.29) is 11.6 Å². The first kappa shape index (κ1) is 10.9. The van der Waals surface area contributed by atoms with Crippen LogP contribution in [0.15, 0.2) is 18.3 Å². The number of nitriles is 1. The van der Waals surface area contributed by atoms with Crippen molar-refractivity contribution in [1.29, 1.82) is 5.26 Å². The van der Waals surface area contributed by atoms with Gasteiger partial charge in [0.1, 0.15) is 11.9 Å². The number of pyridine rings is 1. The van der Waals surface area contributed by atoms with E-state index in [2.05, 4.69) is 30.2 Å². The number of anilines is 1. The quantitative estimate of drug-likeness (QED) is 0.822. The number of rotatable bonds is 2. The fourth-order valence-corrected chi connectivity index (χ4v) is 1.83. The van der Waals surface area contributed by atoms with Crippen LogP contribution in [0.25, 0.3) is 0 Å².